The van der Waals surface area contributed by atoms with Crippen molar-refractivity contribution in [3.63, 3.8) is 0 Å². The highest BCUT2D eigenvalue weighted by atomic mass is 16.5. The minimum absolute atomic E-state index is 0.235. The monoisotopic (exact) mass is 397 g/mol. The molecule has 0 aromatic heterocycles. The molecule has 2 aromatic rings. The van der Waals surface area contributed by atoms with Crippen LogP contribution in [0.3, 0.4) is 0 Å². The van der Waals surface area contributed by atoms with Gasteiger partial charge in [0.05, 0.1) is 17.9 Å². The van der Waals surface area contributed by atoms with Crippen molar-refractivity contribution in [2.24, 2.45) is 0 Å². The highest BCUT2D eigenvalue weighted by Gasteiger charge is 2.22. The first-order chi connectivity index (χ1) is 14.0. The first-order valence-corrected chi connectivity index (χ1v) is 10.2. The van der Waals surface area contributed by atoms with E-state index in [1.807, 2.05) is 32.2 Å². The molecule has 29 heavy (non-hydrogen) atoms. The fourth-order valence-corrected chi connectivity index (χ4v) is 3.59. The highest BCUT2D eigenvalue weighted by molar-refractivity contribution is 5.70. The largest absolute Gasteiger partial charge is 0.481 e. The third kappa shape index (κ3) is 5.41. The summed E-state index contributed by atoms with van der Waals surface area (Å²) in [7, 11) is 1.84. The Hall–Kier alpha value is -2.73. The van der Waals surface area contributed by atoms with Crippen LogP contribution in [-0.2, 0) is 9.53 Å². The molecule has 0 radical (unpaired) electrons. The quantitative estimate of drug-likeness (QED) is 0.642. The standard InChI is InChI=1S/C23H31N3O3/c1-5-21(15-27)29-23-12-19(8-11-22(23)24-4)25-18-6-9-20(10-7-18)26-13-16(2)28-17(3)14-26/h6-12,15-17,21,24-25H,5,13-14H2,1-4H3. The smallest absolute Gasteiger partial charge is 0.160 e. The van der Waals surface area contributed by atoms with Crippen molar-refractivity contribution in [1.82, 2.24) is 0 Å². The summed E-state index contributed by atoms with van der Waals surface area (Å²) in [5.74, 6) is 0.657. The fraction of sp³-hybridized carbons (Fsp3) is 0.435. The van der Waals surface area contributed by atoms with E-state index in [1.54, 1.807) is 0 Å². The Bertz CT molecular complexity index is 800. The molecule has 3 unspecified atom stereocenters. The first-order valence-electron chi connectivity index (χ1n) is 10.2. The van der Waals surface area contributed by atoms with Gasteiger partial charge in [-0.15, -0.1) is 0 Å². The van der Waals surface area contributed by atoms with Crippen LogP contribution in [0.1, 0.15) is 27.2 Å². The number of aldehydes is 1. The molecular weight excluding hydrogens is 366 g/mol. The van der Waals surface area contributed by atoms with Crippen LogP contribution >= 0.6 is 0 Å². The van der Waals surface area contributed by atoms with Gasteiger partial charge >= 0.3 is 0 Å². The summed E-state index contributed by atoms with van der Waals surface area (Å²) in [6, 6.07) is 14.3. The van der Waals surface area contributed by atoms with E-state index in [1.165, 1.54) is 5.69 Å². The molecule has 2 N–H and O–H groups in total. The third-order valence-corrected chi connectivity index (χ3v) is 5.02. The fourth-order valence-electron chi connectivity index (χ4n) is 3.59. The average molecular weight is 398 g/mol. The number of benzene rings is 2. The van der Waals surface area contributed by atoms with Crippen molar-refractivity contribution >= 4 is 29.0 Å². The molecule has 1 fully saturated rings. The zero-order chi connectivity index (χ0) is 20.8. The first kappa shape index (κ1) is 21.0. The lowest BCUT2D eigenvalue weighted by atomic mass is 10.2. The van der Waals surface area contributed by atoms with Crippen LogP contribution < -0.4 is 20.3 Å². The van der Waals surface area contributed by atoms with E-state index in [4.69, 9.17) is 9.47 Å². The summed E-state index contributed by atoms with van der Waals surface area (Å²) in [6.45, 7) is 7.95. The van der Waals surface area contributed by atoms with E-state index >= 15 is 0 Å². The van der Waals surface area contributed by atoms with Gasteiger partial charge in [-0.3, -0.25) is 4.79 Å². The Morgan fingerprint density at radius 2 is 1.79 bits per heavy atom. The maximum Gasteiger partial charge on any atom is 0.160 e. The van der Waals surface area contributed by atoms with Crippen molar-refractivity contribution in [2.45, 2.75) is 45.5 Å². The summed E-state index contributed by atoms with van der Waals surface area (Å²) in [6.07, 6.45) is 1.49. The predicted octanol–water partition coefficient (Wildman–Crippen LogP) is 4.44. The van der Waals surface area contributed by atoms with Crippen molar-refractivity contribution in [3.8, 4) is 5.75 Å². The summed E-state index contributed by atoms with van der Waals surface area (Å²) < 4.78 is 11.7. The van der Waals surface area contributed by atoms with Gasteiger partial charge in [0.1, 0.15) is 5.75 Å². The number of morpholine rings is 1. The molecule has 1 aliphatic rings. The Kier molecular flexibility index (Phi) is 6.99. The lowest BCUT2D eigenvalue weighted by Crippen LogP contribution is -2.45. The lowest BCUT2D eigenvalue weighted by Gasteiger charge is -2.36. The second kappa shape index (κ2) is 9.65. The highest BCUT2D eigenvalue weighted by Crippen LogP contribution is 2.31. The summed E-state index contributed by atoms with van der Waals surface area (Å²) in [4.78, 5) is 13.5. The molecule has 1 aliphatic heterocycles. The number of hydrogen-bond donors (Lipinski definition) is 2. The van der Waals surface area contributed by atoms with Crippen molar-refractivity contribution < 1.29 is 14.3 Å². The molecule has 3 rings (SSSR count). The van der Waals surface area contributed by atoms with E-state index in [9.17, 15) is 4.79 Å². The molecule has 6 heteroatoms. The number of rotatable bonds is 8. The van der Waals surface area contributed by atoms with E-state index in [0.717, 1.165) is 36.4 Å². The van der Waals surface area contributed by atoms with Gasteiger partial charge in [-0.2, -0.15) is 0 Å². The normalized spacial score (nSPS) is 20.1. The summed E-state index contributed by atoms with van der Waals surface area (Å²) in [5, 5.41) is 6.52. The van der Waals surface area contributed by atoms with Crippen LogP contribution in [0.4, 0.5) is 22.7 Å². The van der Waals surface area contributed by atoms with Crippen molar-refractivity contribution in [1.29, 1.82) is 0 Å². The van der Waals surface area contributed by atoms with Crippen LogP contribution in [0.25, 0.3) is 0 Å². The van der Waals surface area contributed by atoms with Gasteiger partial charge in [0, 0.05) is 43.3 Å². The second-order valence-electron chi connectivity index (χ2n) is 7.50. The number of carbonyl (C=O) groups is 1. The SMILES string of the molecule is CCC(C=O)Oc1cc(Nc2ccc(N3CC(C)OC(C)C3)cc2)ccc1NC. The number of carbonyl (C=O) groups excluding carboxylic acids is 1. The topological polar surface area (TPSA) is 62.8 Å². The van der Waals surface area contributed by atoms with Crippen molar-refractivity contribution in [2.75, 3.05) is 35.7 Å². The molecule has 1 heterocycles. The Morgan fingerprint density at radius 3 is 2.38 bits per heavy atom. The minimum atomic E-state index is -0.449. The van der Waals surface area contributed by atoms with Crippen molar-refractivity contribution in [3.05, 3.63) is 42.5 Å². The molecule has 1 saturated heterocycles. The molecule has 0 saturated carbocycles. The van der Waals surface area contributed by atoms with Gasteiger partial charge in [-0.25, -0.2) is 0 Å². The van der Waals surface area contributed by atoms with E-state index in [2.05, 4.69) is 53.6 Å². The van der Waals surface area contributed by atoms with Crippen LogP contribution in [0.5, 0.6) is 5.75 Å². The molecule has 156 valence electrons. The zero-order valence-electron chi connectivity index (χ0n) is 17.6. The Morgan fingerprint density at radius 1 is 1.14 bits per heavy atom. The molecule has 2 aromatic carbocycles. The zero-order valence-corrected chi connectivity index (χ0v) is 17.6. The van der Waals surface area contributed by atoms with E-state index in [-0.39, 0.29) is 12.2 Å². The average Bonchev–Trinajstić information content (AvgIpc) is 2.72. The minimum Gasteiger partial charge on any atom is -0.481 e. The number of hydrogen-bond acceptors (Lipinski definition) is 6. The Balaban J connectivity index is 1.72. The lowest BCUT2D eigenvalue weighted by molar-refractivity contribution is -0.113. The van der Waals surface area contributed by atoms with Crippen LogP contribution in [0, 0.1) is 0 Å². The number of nitrogens with zero attached hydrogens (tertiary/aromatic N) is 1. The van der Waals surface area contributed by atoms with Crippen LogP contribution in [0.2, 0.25) is 0 Å². The maximum absolute atomic E-state index is 11.1. The second-order valence-corrected chi connectivity index (χ2v) is 7.50. The van der Waals surface area contributed by atoms with Gasteiger partial charge in [0.25, 0.3) is 0 Å². The Labute approximate surface area is 173 Å². The summed E-state index contributed by atoms with van der Waals surface area (Å²) in [5.41, 5.74) is 3.94. The van der Waals surface area contributed by atoms with Gasteiger partial charge < -0.3 is 25.0 Å². The number of nitrogens with one attached hydrogen (secondary N) is 2. The van der Waals surface area contributed by atoms with E-state index in [0.29, 0.717) is 12.2 Å². The van der Waals surface area contributed by atoms with Crippen LogP contribution in [-0.4, -0.2) is 44.7 Å². The van der Waals surface area contributed by atoms with Gasteiger partial charge in [-0.1, -0.05) is 6.92 Å². The molecule has 6 nitrogen and oxygen atoms in total. The molecule has 3 atom stereocenters. The van der Waals surface area contributed by atoms with Gasteiger partial charge in [-0.05, 0) is 56.7 Å². The van der Waals surface area contributed by atoms with Crippen LogP contribution in [0.15, 0.2) is 42.5 Å². The molecule has 0 aliphatic carbocycles. The summed E-state index contributed by atoms with van der Waals surface area (Å²) >= 11 is 0. The van der Waals surface area contributed by atoms with E-state index < -0.39 is 6.10 Å². The number of anilines is 4. The number of ether oxygens (including phenoxy) is 2. The molecule has 0 spiro atoms. The third-order valence-electron chi connectivity index (χ3n) is 5.02. The molecule has 0 amide bonds. The van der Waals surface area contributed by atoms with Gasteiger partial charge in [0.15, 0.2) is 12.4 Å². The molecule has 0 bridgehead atoms. The molecular formula is C23H31N3O3. The maximum atomic E-state index is 11.1. The predicted molar refractivity (Wildman–Crippen MR) is 119 cm³/mol. The van der Waals surface area contributed by atoms with Gasteiger partial charge in [0.2, 0.25) is 0 Å².